The molecule has 1 aliphatic heterocycles. The van der Waals surface area contributed by atoms with Crippen molar-refractivity contribution in [2.75, 3.05) is 25.9 Å². The highest BCUT2D eigenvalue weighted by atomic mass is 35.5. The molecule has 13 heteroatoms. The molecule has 0 radical (unpaired) electrons. The van der Waals surface area contributed by atoms with Gasteiger partial charge in [-0.05, 0) is 31.0 Å². The van der Waals surface area contributed by atoms with E-state index in [0.29, 0.717) is 6.07 Å². The average Bonchev–Trinajstić information content (AvgIpc) is 2.60. The van der Waals surface area contributed by atoms with E-state index < -0.39 is 58.4 Å². The monoisotopic (exact) mass is 462 g/mol. The lowest BCUT2D eigenvalue weighted by atomic mass is 10.2. The first-order valence-electron chi connectivity index (χ1n) is 8.08. The fourth-order valence-corrected chi connectivity index (χ4v) is 6.23. The molecule has 1 heterocycles. The number of piperidine rings is 1. The molecule has 0 saturated carbocycles. The van der Waals surface area contributed by atoms with Crippen molar-refractivity contribution in [3.05, 3.63) is 28.8 Å². The Balaban J connectivity index is 2.19. The van der Waals surface area contributed by atoms with E-state index in [1.165, 1.54) is 7.05 Å². The van der Waals surface area contributed by atoms with Crippen LogP contribution in [0.5, 0.6) is 0 Å². The van der Waals surface area contributed by atoms with Crippen molar-refractivity contribution in [3.63, 3.8) is 0 Å². The molecular weight excluding hydrogens is 445 g/mol. The van der Waals surface area contributed by atoms with Crippen molar-refractivity contribution in [1.82, 2.24) is 9.62 Å². The van der Waals surface area contributed by atoms with Crippen LogP contribution in [0.3, 0.4) is 0 Å². The summed E-state index contributed by atoms with van der Waals surface area (Å²) >= 11 is 5.51. The van der Waals surface area contributed by atoms with Crippen molar-refractivity contribution in [1.29, 1.82) is 0 Å². The number of sulfone groups is 1. The van der Waals surface area contributed by atoms with Crippen LogP contribution in [-0.2, 0) is 30.8 Å². The Labute approximate surface area is 165 Å². The predicted octanol–water partition coefficient (Wildman–Crippen LogP) is 1.67. The Hall–Kier alpha value is -1.37. The smallest absolute Gasteiger partial charge is 0.358 e. The molecule has 0 unspecified atom stereocenters. The van der Waals surface area contributed by atoms with Crippen LogP contribution < -0.4 is 5.32 Å². The van der Waals surface area contributed by atoms with Crippen LogP contribution in [0.15, 0.2) is 23.1 Å². The van der Waals surface area contributed by atoms with Gasteiger partial charge in [0.15, 0.2) is 9.84 Å². The van der Waals surface area contributed by atoms with Gasteiger partial charge in [-0.25, -0.2) is 16.8 Å². The molecule has 1 fully saturated rings. The molecule has 1 saturated heterocycles. The maximum atomic E-state index is 13.0. The summed E-state index contributed by atoms with van der Waals surface area (Å²) in [6.45, 7) is -0.381. The molecular formula is C15H18ClF3N2O5S2. The molecule has 1 aromatic rings. The highest BCUT2D eigenvalue weighted by molar-refractivity contribution is 7.92. The van der Waals surface area contributed by atoms with Crippen molar-refractivity contribution in [2.45, 2.75) is 29.2 Å². The zero-order valence-electron chi connectivity index (χ0n) is 14.7. The van der Waals surface area contributed by atoms with Gasteiger partial charge in [-0.1, -0.05) is 11.6 Å². The quantitative estimate of drug-likeness (QED) is 0.717. The van der Waals surface area contributed by atoms with Crippen molar-refractivity contribution in [2.24, 2.45) is 0 Å². The third-order valence-corrected chi connectivity index (χ3v) is 8.78. The van der Waals surface area contributed by atoms with Gasteiger partial charge < -0.3 is 5.32 Å². The fourth-order valence-electron chi connectivity index (χ4n) is 2.84. The normalized spacial score (nSPS) is 17.5. The van der Waals surface area contributed by atoms with E-state index >= 15 is 0 Å². The van der Waals surface area contributed by atoms with Gasteiger partial charge in [0.2, 0.25) is 15.9 Å². The second-order valence-corrected chi connectivity index (χ2v) is 10.8. The van der Waals surface area contributed by atoms with Crippen molar-refractivity contribution >= 4 is 37.4 Å². The van der Waals surface area contributed by atoms with Crippen LogP contribution in [0, 0.1) is 0 Å². The Morgan fingerprint density at radius 1 is 1.21 bits per heavy atom. The first-order chi connectivity index (χ1) is 12.8. The second kappa shape index (κ2) is 8.17. The van der Waals surface area contributed by atoms with Gasteiger partial charge in [0.25, 0.3) is 0 Å². The summed E-state index contributed by atoms with van der Waals surface area (Å²) in [5, 5.41) is 0.694. The number of rotatable bonds is 5. The number of alkyl halides is 3. The Morgan fingerprint density at radius 2 is 1.79 bits per heavy atom. The van der Waals surface area contributed by atoms with Crippen LogP contribution in [0.25, 0.3) is 0 Å². The van der Waals surface area contributed by atoms with Gasteiger partial charge in [0.1, 0.15) is 5.75 Å². The van der Waals surface area contributed by atoms with E-state index in [1.807, 2.05) is 0 Å². The number of sulfonamides is 1. The number of halogens is 4. The van der Waals surface area contributed by atoms with Crippen LogP contribution in [0.2, 0.25) is 5.02 Å². The standard InChI is InChI=1S/C15H18ClF3N2O5S2/c1-20-14(22)9-27(23,24)10-4-6-21(7-5-10)28(25,26)11-2-3-13(16)12(8-11)15(17,18)19/h2-3,8,10H,4-7,9H2,1H3,(H,20,22). The van der Waals surface area contributed by atoms with Gasteiger partial charge in [-0.2, -0.15) is 17.5 Å². The Kier molecular flexibility index (Phi) is 6.68. The molecule has 7 nitrogen and oxygen atoms in total. The number of hydrogen-bond donors (Lipinski definition) is 1. The number of carbonyl (C=O) groups excluding carboxylic acids is 1. The van der Waals surface area contributed by atoms with Crippen LogP contribution in [-0.4, -0.2) is 58.2 Å². The van der Waals surface area contributed by atoms with E-state index in [9.17, 15) is 34.8 Å². The van der Waals surface area contributed by atoms with Crippen LogP contribution in [0.1, 0.15) is 18.4 Å². The number of nitrogens with one attached hydrogen (secondary N) is 1. The van der Waals surface area contributed by atoms with Gasteiger partial charge in [-0.15, -0.1) is 0 Å². The number of carbonyl (C=O) groups is 1. The minimum atomic E-state index is -4.82. The Bertz CT molecular complexity index is 956. The maximum Gasteiger partial charge on any atom is 0.417 e. The highest BCUT2D eigenvalue weighted by Crippen LogP contribution is 2.36. The van der Waals surface area contributed by atoms with Crippen LogP contribution in [0.4, 0.5) is 13.2 Å². The predicted molar refractivity (Wildman–Crippen MR) is 96.1 cm³/mol. The number of hydrogen-bond acceptors (Lipinski definition) is 5. The van der Waals surface area contributed by atoms with Gasteiger partial charge in [0.05, 0.1) is 20.7 Å². The zero-order valence-corrected chi connectivity index (χ0v) is 17.1. The lowest BCUT2D eigenvalue weighted by Crippen LogP contribution is -2.44. The van der Waals surface area contributed by atoms with Gasteiger partial charge in [-0.3, -0.25) is 4.79 Å². The van der Waals surface area contributed by atoms with E-state index in [-0.39, 0.29) is 25.9 Å². The Morgan fingerprint density at radius 3 is 2.29 bits per heavy atom. The second-order valence-electron chi connectivity index (χ2n) is 6.22. The third-order valence-electron chi connectivity index (χ3n) is 4.40. The fraction of sp³-hybridized carbons (Fsp3) is 0.533. The summed E-state index contributed by atoms with van der Waals surface area (Å²) < 4.78 is 89.6. The maximum absolute atomic E-state index is 13.0. The molecule has 0 bridgehead atoms. The van der Waals surface area contributed by atoms with E-state index in [1.54, 1.807) is 0 Å². The molecule has 1 aliphatic rings. The zero-order chi connectivity index (χ0) is 21.3. The number of amides is 1. The summed E-state index contributed by atoms with van der Waals surface area (Å²) in [6, 6.07) is 2.30. The molecule has 158 valence electrons. The molecule has 0 aliphatic carbocycles. The number of nitrogens with zero attached hydrogens (tertiary/aromatic N) is 1. The lowest BCUT2D eigenvalue weighted by molar-refractivity contribution is -0.137. The summed E-state index contributed by atoms with van der Waals surface area (Å²) in [6.07, 6.45) is -4.93. The van der Waals surface area contributed by atoms with Gasteiger partial charge in [0, 0.05) is 20.1 Å². The molecule has 0 atom stereocenters. The summed E-state index contributed by atoms with van der Waals surface area (Å²) in [5.41, 5.74) is -1.27. The van der Waals surface area contributed by atoms with Crippen molar-refractivity contribution in [3.8, 4) is 0 Å². The SMILES string of the molecule is CNC(=O)CS(=O)(=O)C1CCN(S(=O)(=O)c2ccc(Cl)c(C(F)(F)F)c2)CC1. The minimum absolute atomic E-state index is 0.0573. The van der Waals surface area contributed by atoms with Crippen LogP contribution >= 0.6 is 11.6 Å². The molecule has 0 aromatic heterocycles. The minimum Gasteiger partial charge on any atom is -0.358 e. The molecule has 0 spiro atoms. The number of benzene rings is 1. The molecule has 1 amide bonds. The molecule has 28 heavy (non-hydrogen) atoms. The first kappa shape index (κ1) is 22.9. The van der Waals surface area contributed by atoms with E-state index in [2.05, 4.69) is 5.32 Å². The first-order valence-corrected chi connectivity index (χ1v) is 11.6. The van der Waals surface area contributed by atoms with E-state index in [4.69, 9.17) is 11.6 Å². The summed E-state index contributed by atoms with van der Waals surface area (Å²) in [4.78, 5) is 10.7. The molecule has 1 aromatic carbocycles. The van der Waals surface area contributed by atoms with Gasteiger partial charge >= 0.3 is 6.18 Å². The lowest BCUT2D eigenvalue weighted by Gasteiger charge is -2.31. The topological polar surface area (TPSA) is 101 Å². The van der Waals surface area contributed by atoms with E-state index in [0.717, 1.165) is 16.4 Å². The summed E-state index contributed by atoms with van der Waals surface area (Å²) in [7, 11) is -6.72. The third kappa shape index (κ3) is 4.97. The molecule has 1 N–H and O–H groups in total. The average molecular weight is 463 g/mol. The largest absolute Gasteiger partial charge is 0.417 e. The highest BCUT2D eigenvalue weighted by Gasteiger charge is 2.38. The van der Waals surface area contributed by atoms with Crippen molar-refractivity contribution < 1.29 is 34.8 Å². The molecule has 2 rings (SSSR count). The summed E-state index contributed by atoms with van der Waals surface area (Å²) in [5.74, 6) is -1.37.